The number of benzene rings is 2. The molecule has 0 amide bonds. The van der Waals surface area contributed by atoms with E-state index in [4.69, 9.17) is 17.3 Å². The van der Waals surface area contributed by atoms with Crippen molar-refractivity contribution < 1.29 is 13.2 Å². The highest BCUT2D eigenvalue weighted by Crippen LogP contribution is 2.37. The van der Waals surface area contributed by atoms with Gasteiger partial charge in [0, 0.05) is 16.4 Å². The van der Waals surface area contributed by atoms with Gasteiger partial charge in [-0.25, -0.2) is 0 Å². The molecule has 0 saturated heterocycles. The zero-order valence-corrected chi connectivity index (χ0v) is 12.0. The summed E-state index contributed by atoms with van der Waals surface area (Å²) < 4.78 is 39.1. The van der Waals surface area contributed by atoms with Crippen LogP contribution in [0.2, 0.25) is 5.02 Å². The van der Waals surface area contributed by atoms with E-state index in [1.807, 2.05) is 0 Å². The third kappa shape index (κ3) is 3.61. The second-order valence-electron chi connectivity index (χ2n) is 4.69. The van der Waals surface area contributed by atoms with Gasteiger partial charge in [-0.05, 0) is 36.8 Å². The maximum absolute atomic E-state index is 13.0. The first-order chi connectivity index (χ1) is 9.79. The molecule has 0 bridgehead atoms. The highest BCUT2D eigenvalue weighted by Gasteiger charge is 2.34. The first-order valence-electron chi connectivity index (χ1n) is 6.26. The van der Waals surface area contributed by atoms with E-state index in [2.05, 4.69) is 5.32 Å². The Labute approximate surface area is 125 Å². The Morgan fingerprint density at radius 2 is 1.81 bits per heavy atom. The van der Waals surface area contributed by atoms with E-state index in [0.29, 0.717) is 5.02 Å². The molecule has 1 atom stereocenters. The molecule has 0 saturated carbocycles. The molecule has 21 heavy (non-hydrogen) atoms. The van der Waals surface area contributed by atoms with Gasteiger partial charge in [-0.2, -0.15) is 13.2 Å². The fourth-order valence-corrected chi connectivity index (χ4v) is 2.36. The summed E-state index contributed by atoms with van der Waals surface area (Å²) in [6, 6.07) is 10.3. The normalized spacial score (nSPS) is 13.0. The number of anilines is 2. The van der Waals surface area contributed by atoms with E-state index in [9.17, 15) is 13.2 Å². The topological polar surface area (TPSA) is 38.0 Å². The first-order valence-corrected chi connectivity index (χ1v) is 6.64. The van der Waals surface area contributed by atoms with E-state index >= 15 is 0 Å². The Morgan fingerprint density at radius 3 is 2.43 bits per heavy atom. The van der Waals surface area contributed by atoms with Crippen molar-refractivity contribution in [2.24, 2.45) is 0 Å². The fraction of sp³-hybridized carbons (Fsp3) is 0.200. The van der Waals surface area contributed by atoms with Crippen molar-refractivity contribution in [1.29, 1.82) is 0 Å². The standard InChI is InChI=1S/C15H14ClF3N2/c1-9(11-4-2-3-5-13(11)16)21-14-7-6-10(20)8-12(14)15(17,18)19/h2-9,21H,20H2,1H3. The van der Waals surface area contributed by atoms with Gasteiger partial charge in [-0.3, -0.25) is 0 Å². The molecule has 0 fully saturated rings. The smallest absolute Gasteiger partial charge is 0.399 e. The number of alkyl halides is 3. The summed E-state index contributed by atoms with van der Waals surface area (Å²) in [7, 11) is 0. The molecular formula is C15H14ClF3N2. The number of nitrogens with two attached hydrogens (primary N) is 1. The second-order valence-corrected chi connectivity index (χ2v) is 5.10. The van der Waals surface area contributed by atoms with Gasteiger partial charge in [0.05, 0.1) is 11.6 Å². The quantitative estimate of drug-likeness (QED) is 0.772. The lowest BCUT2D eigenvalue weighted by atomic mass is 10.1. The van der Waals surface area contributed by atoms with Crippen LogP contribution < -0.4 is 11.1 Å². The van der Waals surface area contributed by atoms with Gasteiger partial charge in [0.1, 0.15) is 0 Å². The van der Waals surface area contributed by atoms with E-state index in [-0.39, 0.29) is 17.4 Å². The molecule has 0 spiro atoms. The fourth-order valence-electron chi connectivity index (χ4n) is 2.06. The van der Waals surface area contributed by atoms with Crippen LogP contribution in [0.15, 0.2) is 42.5 Å². The first kappa shape index (κ1) is 15.5. The summed E-state index contributed by atoms with van der Waals surface area (Å²) in [5.41, 5.74) is 5.42. The largest absolute Gasteiger partial charge is 0.418 e. The van der Waals surface area contributed by atoms with Crippen LogP contribution in [0.3, 0.4) is 0 Å². The summed E-state index contributed by atoms with van der Waals surface area (Å²) in [5, 5.41) is 3.34. The summed E-state index contributed by atoms with van der Waals surface area (Å²) in [4.78, 5) is 0. The van der Waals surface area contributed by atoms with Gasteiger partial charge in [0.15, 0.2) is 0 Å². The van der Waals surface area contributed by atoms with Crippen molar-refractivity contribution >= 4 is 23.0 Å². The minimum Gasteiger partial charge on any atom is -0.399 e. The number of nitrogens with one attached hydrogen (secondary N) is 1. The minimum absolute atomic E-state index is 0.0240. The van der Waals surface area contributed by atoms with Crippen molar-refractivity contribution in [3.63, 3.8) is 0 Å². The molecule has 0 aliphatic carbocycles. The molecule has 0 heterocycles. The summed E-state index contributed by atoms with van der Waals surface area (Å²) >= 11 is 6.06. The molecular weight excluding hydrogens is 301 g/mol. The van der Waals surface area contributed by atoms with Crippen molar-refractivity contribution in [2.75, 3.05) is 11.1 Å². The molecule has 2 nitrogen and oxygen atoms in total. The summed E-state index contributed by atoms with van der Waals surface area (Å²) in [5.74, 6) is 0. The molecule has 2 rings (SSSR count). The third-order valence-electron chi connectivity index (χ3n) is 3.09. The van der Waals surface area contributed by atoms with Gasteiger partial charge in [-0.15, -0.1) is 0 Å². The third-order valence-corrected chi connectivity index (χ3v) is 3.44. The van der Waals surface area contributed by atoms with E-state index in [0.717, 1.165) is 11.6 Å². The van der Waals surface area contributed by atoms with Crippen molar-refractivity contribution in [3.05, 3.63) is 58.6 Å². The zero-order valence-electron chi connectivity index (χ0n) is 11.2. The number of hydrogen-bond donors (Lipinski definition) is 2. The maximum Gasteiger partial charge on any atom is 0.418 e. The van der Waals surface area contributed by atoms with Crippen LogP contribution in [0.4, 0.5) is 24.5 Å². The molecule has 0 radical (unpaired) electrons. The number of rotatable bonds is 3. The zero-order chi connectivity index (χ0) is 15.6. The number of halogens is 4. The van der Waals surface area contributed by atoms with Crippen molar-refractivity contribution in [2.45, 2.75) is 19.1 Å². The average Bonchev–Trinajstić information content (AvgIpc) is 2.40. The van der Waals surface area contributed by atoms with E-state index < -0.39 is 11.7 Å². The molecule has 3 N–H and O–H groups in total. The predicted molar refractivity (Wildman–Crippen MR) is 79.3 cm³/mol. The Kier molecular flexibility index (Phi) is 4.32. The molecule has 2 aromatic rings. The number of nitrogen functional groups attached to an aromatic ring is 1. The molecule has 0 aliphatic rings. The summed E-state index contributed by atoms with van der Waals surface area (Å²) in [6.07, 6.45) is -4.47. The van der Waals surface area contributed by atoms with Gasteiger partial charge in [0.25, 0.3) is 0 Å². The highest BCUT2D eigenvalue weighted by molar-refractivity contribution is 6.31. The SMILES string of the molecule is CC(Nc1ccc(N)cc1C(F)(F)F)c1ccccc1Cl. The monoisotopic (exact) mass is 314 g/mol. The van der Waals surface area contributed by atoms with Gasteiger partial charge < -0.3 is 11.1 Å². The van der Waals surface area contributed by atoms with Gasteiger partial charge >= 0.3 is 6.18 Å². The van der Waals surface area contributed by atoms with Gasteiger partial charge in [0.2, 0.25) is 0 Å². The highest BCUT2D eigenvalue weighted by atomic mass is 35.5. The lowest BCUT2D eigenvalue weighted by molar-refractivity contribution is -0.136. The lowest BCUT2D eigenvalue weighted by Crippen LogP contribution is -2.14. The van der Waals surface area contributed by atoms with Crippen molar-refractivity contribution in [1.82, 2.24) is 0 Å². The van der Waals surface area contributed by atoms with Crippen LogP contribution in [0.1, 0.15) is 24.1 Å². The van der Waals surface area contributed by atoms with Crippen LogP contribution in [0.5, 0.6) is 0 Å². The van der Waals surface area contributed by atoms with E-state index in [1.54, 1.807) is 31.2 Å². The van der Waals surface area contributed by atoms with Crippen molar-refractivity contribution in [3.8, 4) is 0 Å². The Hall–Kier alpha value is -1.88. The summed E-state index contributed by atoms with van der Waals surface area (Å²) in [6.45, 7) is 1.75. The molecule has 6 heteroatoms. The van der Waals surface area contributed by atoms with Crippen LogP contribution >= 0.6 is 11.6 Å². The Bertz CT molecular complexity index is 641. The molecule has 0 aromatic heterocycles. The molecule has 2 aromatic carbocycles. The van der Waals surface area contributed by atoms with Gasteiger partial charge in [-0.1, -0.05) is 29.8 Å². The minimum atomic E-state index is -4.47. The maximum atomic E-state index is 13.0. The molecule has 112 valence electrons. The predicted octanol–water partition coefficient (Wildman–Crippen LogP) is 5.11. The van der Waals surface area contributed by atoms with E-state index in [1.165, 1.54) is 12.1 Å². The number of hydrogen-bond acceptors (Lipinski definition) is 2. The lowest BCUT2D eigenvalue weighted by Gasteiger charge is -2.20. The molecule has 0 aliphatic heterocycles. The van der Waals surface area contributed by atoms with Crippen LogP contribution in [-0.2, 0) is 6.18 Å². The van der Waals surface area contributed by atoms with Crippen LogP contribution in [-0.4, -0.2) is 0 Å². The van der Waals surface area contributed by atoms with Crippen LogP contribution in [0, 0.1) is 0 Å². The average molecular weight is 315 g/mol. The van der Waals surface area contributed by atoms with Crippen LogP contribution in [0.25, 0.3) is 0 Å². The Balaban J connectivity index is 2.34. The Morgan fingerprint density at radius 1 is 1.14 bits per heavy atom. The molecule has 1 unspecified atom stereocenters. The second kappa shape index (κ2) is 5.85.